The number of piperidine rings is 1. The van der Waals surface area contributed by atoms with Crippen molar-refractivity contribution < 1.29 is 18.7 Å². The molecule has 3 heterocycles. The van der Waals surface area contributed by atoms with Crippen molar-refractivity contribution in [1.82, 2.24) is 4.90 Å². The molecule has 4 rings (SSSR count). The average molecular weight is 371 g/mol. The number of para-hydroxylation sites is 1. The lowest BCUT2D eigenvalue weighted by Crippen LogP contribution is -2.50. The Morgan fingerprint density at radius 1 is 1.15 bits per heavy atom. The maximum atomic E-state index is 12.5. The Labute approximate surface area is 158 Å². The third kappa shape index (κ3) is 3.66. The van der Waals surface area contributed by atoms with E-state index in [9.17, 15) is 9.59 Å². The standard InChI is InChI=1S/C21H25NO5/c1-21(2,3)27-20(24)22-14-8-9-15(22)12-16(11-14)25-18-10-13-6-4-5-7-17(13)26-19(18)23/h4-7,10,14-16H,8-9,11-12H2,1-3H3. The lowest BCUT2D eigenvalue weighted by molar-refractivity contribution is -0.00746. The summed E-state index contributed by atoms with van der Waals surface area (Å²) in [6.07, 6.45) is 2.92. The molecule has 144 valence electrons. The molecule has 1 aromatic heterocycles. The summed E-state index contributed by atoms with van der Waals surface area (Å²) in [6.45, 7) is 5.63. The normalized spacial score (nSPS) is 24.9. The van der Waals surface area contributed by atoms with Crippen molar-refractivity contribution in [3.8, 4) is 5.75 Å². The van der Waals surface area contributed by atoms with Gasteiger partial charge in [-0.15, -0.1) is 0 Å². The lowest BCUT2D eigenvalue weighted by atomic mass is 10.00. The van der Waals surface area contributed by atoms with Crippen LogP contribution >= 0.6 is 0 Å². The Kier molecular flexibility index (Phi) is 4.36. The first-order valence-electron chi connectivity index (χ1n) is 9.51. The molecular weight excluding hydrogens is 346 g/mol. The van der Waals surface area contributed by atoms with E-state index in [1.54, 1.807) is 12.1 Å². The first-order chi connectivity index (χ1) is 12.8. The van der Waals surface area contributed by atoms with E-state index in [-0.39, 0.29) is 30.0 Å². The highest BCUT2D eigenvalue weighted by molar-refractivity contribution is 5.77. The molecule has 2 aliphatic heterocycles. The van der Waals surface area contributed by atoms with Gasteiger partial charge >= 0.3 is 11.7 Å². The SMILES string of the molecule is CC(C)(C)OC(=O)N1C2CCC1CC(Oc1cc3ccccc3oc1=O)C2. The first kappa shape index (κ1) is 17.9. The molecule has 2 fully saturated rings. The van der Waals surface area contributed by atoms with Crippen LogP contribution in [0.15, 0.2) is 39.5 Å². The molecule has 0 radical (unpaired) electrons. The minimum absolute atomic E-state index is 0.0936. The second kappa shape index (κ2) is 6.59. The van der Waals surface area contributed by atoms with Crippen LogP contribution < -0.4 is 10.4 Å². The van der Waals surface area contributed by atoms with Gasteiger partial charge in [0.05, 0.1) is 0 Å². The van der Waals surface area contributed by atoms with Gasteiger partial charge in [-0.3, -0.25) is 0 Å². The highest BCUT2D eigenvalue weighted by Gasteiger charge is 2.45. The number of ether oxygens (including phenoxy) is 2. The molecular formula is C21H25NO5. The molecule has 2 aromatic rings. The van der Waals surface area contributed by atoms with Gasteiger partial charge in [0.15, 0.2) is 0 Å². The number of amides is 1. The van der Waals surface area contributed by atoms with Gasteiger partial charge in [-0.1, -0.05) is 18.2 Å². The maximum absolute atomic E-state index is 12.5. The smallest absolute Gasteiger partial charge is 0.410 e. The van der Waals surface area contributed by atoms with Crippen LogP contribution in [0, 0.1) is 0 Å². The molecule has 0 aliphatic carbocycles. The van der Waals surface area contributed by atoms with E-state index in [0.717, 1.165) is 18.2 Å². The van der Waals surface area contributed by atoms with Crippen LogP contribution in [0.5, 0.6) is 5.75 Å². The lowest BCUT2D eigenvalue weighted by Gasteiger charge is -2.39. The number of fused-ring (bicyclic) bond motifs is 3. The number of rotatable bonds is 2. The molecule has 0 saturated carbocycles. The van der Waals surface area contributed by atoms with E-state index in [1.807, 2.05) is 43.9 Å². The van der Waals surface area contributed by atoms with E-state index < -0.39 is 11.2 Å². The maximum Gasteiger partial charge on any atom is 0.410 e. The van der Waals surface area contributed by atoms with Crippen LogP contribution in [0.4, 0.5) is 4.79 Å². The highest BCUT2D eigenvalue weighted by Crippen LogP contribution is 2.38. The summed E-state index contributed by atoms with van der Waals surface area (Å²) in [5, 5.41) is 0.835. The van der Waals surface area contributed by atoms with Crippen molar-refractivity contribution in [3.63, 3.8) is 0 Å². The van der Waals surface area contributed by atoms with Crippen molar-refractivity contribution in [2.45, 2.75) is 70.2 Å². The Balaban J connectivity index is 1.48. The molecule has 2 aliphatic rings. The fourth-order valence-electron chi connectivity index (χ4n) is 4.14. The van der Waals surface area contributed by atoms with Crippen LogP contribution in [0.2, 0.25) is 0 Å². The fraction of sp³-hybridized carbons (Fsp3) is 0.524. The van der Waals surface area contributed by atoms with E-state index in [2.05, 4.69) is 0 Å². The minimum atomic E-state index is -0.506. The molecule has 27 heavy (non-hydrogen) atoms. The Bertz CT molecular complexity index is 899. The fourth-order valence-corrected chi connectivity index (χ4v) is 4.14. The third-order valence-corrected chi connectivity index (χ3v) is 5.20. The predicted octanol–water partition coefficient (Wildman–Crippen LogP) is 4.10. The van der Waals surface area contributed by atoms with Crippen LogP contribution in [0.3, 0.4) is 0 Å². The van der Waals surface area contributed by atoms with E-state index in [1.165, 1.54) is 0 Å². The molecule has 2 atom stereocenters. The predicted molar refractivity (Wildman–Crippen MR) is 101 cm³/mol. The average Bonchev–Trinajstić information content (AvgIpc) is 2.85. The van der Waals surface area contributed by atoms with E-state index in [4.69, 9.17) is 13.9 Å². The number of benzene rings is 1. The van der Waals surface area contributed by atoms with Crippen LogP contribution in [-0.2, 0) is 4.74 Å². The number of carbonyl (C=O) groups is 1. The van der Waals surface area contributed by atoms with Crippen molar-refractivity contribution in [2.24, 2.45) is 0 Å². The molecule has 1 aromatic carbocycles. The molecule has 0 spiro atoms. The third-order valence-electron chi connectivity index (χ3n) is 5.20. The largest absolute Gasteiger partial charge is 0.483 e. The summed E-state index contributed by atoms with van der Waals surface area (Å²) < 4.78 is 16.9. The summed E-state index contributed by atoms with van der Waals surface area (Å²) in [5.41, 5.74) is -0.418. The van der Waals surface area contributed by atoms with Gasteiger partial charge in [-0.05, 0) is 45.7 Å². The summed E-state index contributed by atoms with van der Waals surface area (Å²) in [4.78, 5) is 26.6. The summed E-state index contributed by atoms with van der Waals surface area (Å²) in [5.74, 6) is 0.240. The van der Waals surface area contributed by atoms with Gasteiger partial charge in [0.25, 0.3) is 0 Å². The van der Waals surface area contributed by atoms with Gasteiger partial charge in [-0.2, -0.15) is 0 Å². The van der Waals surface area contributed by atoms with Crippen molar-refractivity contribution in [3.05, 3.63) is 40.8 Å². The minimum Gasteiger partial charge on any atom is -0.483 e. The highest BCUT2D eigenvalue weighted by atomic mass is 16.6. The summed E-state index contributed by atoms with van der Waals surface area (Å²) in [6, 6.07) is 9.30. The first-order valence-corrected chi connectivity index (χ1v) is 9.51. The number of carbonyl (C=O) groups excluding carboxylic acids is 1. The Morgan fingerprint density at radius 3 is 2.48 bits per heavy atom. The van der Waals surface area contributed by atoms with Gasteiger partial charge in [0, 0.05) is 30.3 Å². The van der Waals surface area contributed by atoms with Gasteiger partial charge in [0.1, 0.15) is 17.3 Å². The number of nitrogens with zero attached hydrogens (tertiary/aromatic N) is 1. The second-order valence-corrected chi connectivity index (χ2v) is 8.42. The molecule has 6 heteroatoms. The van der Waals surface area contributed by atoms with Crippen molar-refractivity contribution in [1.29, 1.82) is 0 Å². The second-order valence-electron chi connectivity index (χ2n) is 8.42. The van der Waals surface area contributed by atoms with E-state index >= 15 is 0 Å². The zero-order chi connectivity index (χ0) is 19.2. The molecule has 2 unspecified atom stereocenters. The zero-order valence-corrected chi connectivity index (χ0v) is 15.9. The number of hydrogen-bond acceptors (Lipinski definition) is 5. The molecule has 2 saturated heterocycles. The van der Waals surface area contributed by atoms with Crippen LogP contribution in [-0.4, -0.2) is 34.8 Å². The van der Waals surface area contributed by atoms with Gasteiger partial charge in [-0.25, -0.2) is 9.59 Å². The van der Waals surface area contributed by atoms with Crippen molar-refractivity contribution >= 4 is 17.1 Å². The number of hydrogen-bond donors (Lipinski definition) is 0. The van der Waals surface area contributed by atoms with Gasteiger partial charge < -0.3 is 18.8 Å². The Hall–Kier alpha value is -2.50. The van der Waals surface area contributed by atoms with Gasteiger partial charge in [0.2, 0.25) is 5.75 Å². The molecule has 2 bridgehead atoms. The molecule has 6 nitrogen and oxygen atoms in total. The topological polar surface area (TPSA) is 69.0 Å². The van der Waals surface area contributed by atoms with Crippen molar-refractivity contribution in [2.75, 3.05) is 0 Å². The van der Waals surface area contributed by atoms with Crippen LogP contribution in [0.1, 0.15) is 46.5 Å². The quantitative estimate of drug-likeness (QED) is 0.744. The zero-order valence-electron chi connectivity index (χ0n) is 15.9. The Morgan fingerprint density at radius 2 is 1.81 bits per heavy atom. The molecule has 1 amide bonds. The van der Waals surface area contributed by atoms with E-state index in [0.29, 0.717) is 18.4 Å². The molecule has 0 N–H and O–H groups in total. The van der Waals surface area contributed by atoms with Crippen LogP contribution in [0.25, 0.3) is 11.0 Å². The summed E-state index contributed by atoms with van der Waals surface area (Å²) in [7, 11) is 0. The summed E-state index contributed by atoms with van der Waals surface area (Å²) >= 11 is 0. The monoisotopic (exact) mass is 371 g/mol.